The van der Waals surface area contributed by atoms with E-state index in [1.54, 1.807) is 29.4 Å². The summed E-state index contributed by atoms with van der Waals surface area (Å²) in [6.07, 6.45) is 4.47. The molecule has 26 heavy (non-hydrogen) atoms. The summed E-state index contributed by atoms with van der Waals surface area (Å²) in [5.41, 5.74) is 0.499. The number of fused-ring (bicyclic) bond motifs is 1. The largest absolute Gasteiger partial charge is 0.352 e. The molecular formula is C19H26N4O3. The van der Waals surface area contributed by atoms with Crippen LogP contribution in [0.3, 0.4) is 0 Å². The third-order valence-corrected chi connectivity index (χ3v) is 5.04. The smallest absolute Gasteiger partial charge is 0.256 e. The second-order valence-corrected chi connectivity index (χ2v) is 7.62. The summed E-state index contributed by atoms with van der Waals surface area (Å²) < 4.78 is 0. The Balaban J connectivity index is 1.84. The van der Waals surface area contributed by atoms with E-state index >= 15 is 0 Å². The lowest BCUT2D eigenvalue weighted by Gasteiger charge is -2.43. The molecule has 0 aromatic carbocycles. The minimum atomic E-state index is -0.463. The van der Waals surface area contributed by atoms with Crippen molar-refractivity contribution < 1.29 is 14.4 Å². The van der Waals surface area contributed by atoms with Crippen LogP contribution in [0.25, 0.3) is 0 Å². The van der Waals surface area contributed by atoms with Crippen LogP contribution in [0.15, 0.2) is 24.5 Å². The maximum Gasteiger partial charge on any atom is 0.256 e. The quantitative estimate of drug-likeness (QED) is 0.872. The molecule has 2 aliphatic heterocycles. The summed E-state index contributed by atoms with van der Waals surface area (Å²) in [6.45, 7) is 6.60. The molecule has 0 saturated carbocycles. The molecule has 1 aromatic rings. The minimum absolute atomic E-state index is 0.0138. The van der Waals surface area contributed by atoms with Crippen molar-refractivity contribution in [1.82, 2.24) is 20.1 Å². The number of hydrogen-bond donors (Lipinski definition) is 1. The van der Waals surface area contributed by atoms with Gasteiger partial charge in [0.1, 0.15) is 6.04 Å². The summed E-state index contributed by atoms with van der Waals surface area (Å²) in [7, 11) is 0. The Hall–Kier alpha value is -2.44. The molecule has 140 valence electrons. The van der Waals surface area contributed by atoms with Gasteiger partial charge in [-0.25, -0.2) is 0 Å². The molecule has 1 aromatic heterocycles. The predicted octanol–water partition coefficient (Wildman–Crippen LogP) is 1.06. The molecule has 0 spiro atoms. The monoisotopic (exact) mass is 358 g/mol. The predicted molar refractivity (Wildman–Crippen MR) is 96.2 cm³/mol. The van der Waals surface area contributed by atoms with E-state index in [0.717, 1.165) is 0 Å². The number of aromatic nitrogens is 1. The molecule has 3 atom stereocenters. The molecule has 0 radical (unpaired) electrons. The molecule has 1 N–H and O–H groups in total. The lowest BCUT2D eigenvalue weighted by atomic mass is 9.96. The highest BCUT2D eigenvalue weighted by Gasteiger charge is 2.47. The lowest BCUT2D eigenvalue weighted by Crippen LogP contribution is -2.61. The van der Waals surface area contributed by atoms with Crippen molar-refractivity contribution in [2.24, 2.45) is 5.92 Å². The highest BCUT2D eigenvalue weighted by molar-refractivity contribution is 5.98. The van der Waals surface area contributed by atoms with Gasteiger partial charge < -0.3 is 15.1 Å². The van der Waals surface area contributed by atoms with Crippen LogP contribution in [-0.4, -0.2) is 63.7 Å². The number of carbonyl (C=O) groups is 3. The second-order valence-electron chi connectivity index (χ2n) is 7.62. The van der Waals surface area contributed by atoms with E-state index < -0.39 is 6.04 Å². The van der Waals surface area contributed by atoms with Crippen LogP contribution < -0.4 is 5.32 Å². The van der Waals surface area contributed by atoms with Gasteiger partial charge in [0.15, 0.2) is 0 Å². The maximum atomic E-state index is 13.1. The van der Waals surface area contributed by atoms with Crippen LogP contribution in [0.2, 0.25) is 0 Å². The van der Waals surface area contributed by atoms with E-state index in [2.05, 4.69) is 24.1 Å². The first-order valence-electron chi connectivity index (χ1n) is 9.15. The van der Waals surface area contributed by atoms with Crippen LogP contribution in [0, 0.1) is 5.92 Å². The van der Waals surface area contributed by atoms with E-state index in [4.69, 9.17) is 0 Å². The molecule has 3 amide bonds. The van der Waals surface area contributed by atoms with E-state index in [-0.39, 0.29) is 29.8 Å². The van der Waals surface area contributed by atoms with Crippen molar-refractivity contribution in [2.45, 2.75) is 51.7 Å². The van der Waals surface area contributed by atoms with Crippen molar-refractivity contribution in [3.63, 3.8) is 0 Å². The van der Waals surface area contributed by atoms with E-state index in [1.807, 2.05) is 4.90 Å². The van der Waals surface area contributed by atoms with Gasteiger partial charge in [0.05, 0.1) is 11.6 Å². The standard InChI is InChI=1S/C19H26N4O3/c1-12(2)7-17-19(26)22-10-15(21-13(3)24)8-16(22)11-23(17)18(25)14-5-4-6-20-9-14/h4-6,9,12,15-17H,7-8,10-11H2,1-3H3,(H,21,24)/t15-,16-,17-/m0/s1. The average Bonchev–Trinajstić information content (AvgIpc) is 2.99. The van der Waals surface area contributed by atoms with Crippen molar-refractivity contribution in [2.75, 3.05) is 13.1 Å². The number of hydrogen-bond acceptors (Lipinski definition) is 4. The number of carbonyl (C=O) groups excluding carboxylic acids is 3. The van der Waals surface area contributed by atoms with E-state index in [9.17, 15) is 14.4 Å². The first kappa shape index (κ1) is 18.4. The topological polar surface area (TPSA) is 82.6 Å². The van der Waals surface area contributed by atoms with Crippen molar-refractivity contribution in [3.05, 3.63) is 30.1 Å². The van der Waals surface area contributed by atoms with Crippen LogP contribution in [0.4, 0.5) is 0 Å². The lowest BCUT2D eigenvalue weighted by molar-refractivity contribution is -0.142. The molecule has 0 unspecified atom stereocenters. The Bertz CT molecular complexity index is 691. The Morgan fingerprint density at radius 3 is 2.73 bits per heavy atom. The van der Waals surface area contributed by atoms with Crippen molar-refractivity contribution in [1.29, 1.82) is 0 Å². The molecule has 2 saturated heterocycles. The minimum Gasteiger partial charge on any atom is -0.352 e. The highest BCUT2D eigenvalue weighted by atomic mass is 16.2. The highest BCUT2D eigenvalue weighted by Crippen LogP contribution is 2.29. The van der Waals surface area contributed by atoms with Gasteiger partial charge in [-0.05, 0) is 30.9 Å². The molecule has 7 nitrogen and oxygen atoms in total. The van der Waals surface area contributed by atoms with Crippen LogP contribution >= 0.6 is 0 Å². The number of amides is 3. The third-order valence-electron chi connectivity index (χ3n) is 5.04. The summed E-state index contributed by atoms with van der Waals surface area (Å²) >= 11 is 0. The first-order chi connectivity index (χ1) is 12.4. The van der Waals surface area contributed by atoms with Crippen LogP contribution in [-0.2, 0) is 9.59 Å². The summed E-state index contributed by atoms with van der Waals surface area (Å²) in [6, 6.07) is 2.89. The summed E-state index contributed by atoms with van der Waals surface area (Å²) in [5.74, 6) is 0.0301. The zero-order chi connectivity index (χ0) is 18.8. The fourth-order valence-corrected chi connectivity index (χ4v) is 3.98. The Labute approximate surface area is 153 Å². The molecule has 7 heteroatoms. The molecule has 2 aliphatic rings. The van der Waals surface area contributed by atoms with Crippen LogP contribution in [0.1, 0.15) is 44.0 Å². The van der Waals surface area contributed by atoms with Gasteiger partial charge in [-0.1, -0.05) is 13.8 Å². The van der Waals surface area contributed by atoms with E-state index in [0.29, 0.717) is 37.4 Å². The number of piperazine rings is 1. The summed E-state index contributed by atoms with van der Waals surface area (Å²) in [4.78, 5) is 45.1. The zero-order valence-electron chi connectivity index (χ0n) is 15.5. The zero-order valence-corrected chi connectivity index (χ0v) is 15.5. The van der Waals surface area contributed by atoms with Gasteiger partial charge in [0.25, 0.3) is 5.91 Å². The third kappa shape index (κ3) is 3.71. The van der Waals surface area contributed by atoms with Gasteiger partial charge in [0.2, 0.25) is 11.8 Å². The molecule has 3 rings (SSSR count). The van der Waals surface area contributed by atoms with Crippen LogP contribution in [0.5, 0.6) is 0 Å². The van der Waals surface area contributed by atoms with Gasteiger partial charge >= 0.3 is 0 Å². The fourth-order valence-electron chi connectivity index (χ4n) is 3.98. The second kappa shape index (κ2) is 7.43. The molecule has 0 aliphatic carbocycles. The number of nitrogens with one attached hydrogen (secondary N) is 1. The Morgan fingerprint density at radius 2 is 2.12 bits per heavy atom. The molecule has 3 heterocycles. The Kier molecular flexibility index (Phi) is 5.25. The van der Waals surface area contributed by atoms with E-state index in [1.165, 1.54) is 6.92 Å². The molecular weight excluding hydrogens is 332 g/mol. The SMILES string of the molecule is CC(=O)N[C@H]1C[C@H]2CN(C(=O)c3cccnc3)[C@@H](CC(C)C)C(=O)N2C1. The fraction of sp³-hybridized carbons (Fsp3) is 0.579. The van der Waals surface area contributed by atoms with Gasteiger partial charge in [-0.15, -0.1) is 0 Å². The van der Waals surface area contributed by atoms with Crippen molar-refractivity contribution in [3.8, 4) is 0 Å². The number of rotatable bonds is 4. The Morgan fingerprint density at radius 1 is 1.35 bits per heavy atom. The number of nitrogens with zero attached hydrogens (tertiary/aromatic N) is 3. The van der Waals surface area contributed by atoms with Gasteiger partial charge in [0, 0.05) is 38.4 Å². The first-order valence-corrected chi connectivity index (χ1v) is 9.15. The summed E-state index contributed by atoms with van der Waals surface area (Å²) in [5, 5.41) is 2.90. The van der Waals surface area contributed by atoms with Gasteiger partial charge in [-0.3, -0.25) is 19.4 Å². The maximum absolute atomic E-state index is 13.1. The average molecular weight is 358 g/mol. The normalized spacial score (nSPS) is 25.4. The number of pyridine rings is 1. The molecule has 0 bridgehead atoms. The van der Waals surface area contributed by atoms with Gasteiger partial charge in [-0.2, -0.15) is 0 Å². The molecule has 2 fully saturated rings. The van der Waals surface area contributed by atoms with Crippen molar-refractivity contribution >= 4 is 17.7 Å².